The molecule has 1 amide bonds. The number of hydrogen-bond acceptors (Lipinski definition) is 3. The minimum atomic E-state index is -0.367. The van der Waals surface area contributed by atoms with E-state index in [2.05, 4.69) is 37.9 Å². The van der Waals surface area contributed by atoms with Gasteiger partial charge >= 0.3 is 0 Å². The lowest BCUT2D eigenvalue weighted by Crippen LogP contribution is -2.41. The predicted molar refractivity (Wildman–Crippen MR) is 83.6 cm³/mol. The number of nitrogens with two attached hydrogens (primary N) is 1. The van der Waals surface area contributed by atoms with Gasteiger partial charge < -0.3 is 11.1 Å². The zero-order chi connectivity index (χ0) is 15.1. The Bertz CT molecular complexity index is 421. The normalized spacial score (nSPS) is 11.6. The van der Waals surface area contributed by atoms with Gasteiger partial charge in [0, 0.05) is 37.3 Å². The molecule has 0 radical (unpaired) electrons. The highest BCUT2D eigenvalue weighted by Crippen LogP contribution is 2.08. The van der Waals surface area contributed by atoms with Gasteiger partial charge in [-0.05, 0) is 39.3 Å². The first kappa shape index (κ1) is 16.7. The third-order valence-corrected chi connectivity index (χ3v) is 3.47. The number of carbonyl (C=O) groups is 1. The molecule has 1 aromatic rings. The lowest BCUT2D eigenvalue weighted by atomic mass is 10.1. The Kier molecular flexibility index (Phi) is 6.68. The van der Waals surface area contributed by atoms with Crippen LogP contribution in [0.3, 0.4) is 0 Å². The van der Waals surface area contributed by atoms with E-state index < -0.39 is 0 Å². The fourth-order valence-electron chi connectivity index (χ4n) is 2.46. The third kappa shape index (κ3) is 4.94. The van der Waals surface area contributed by atoms with Gasteiger partial charge in [0.1, 0.15) is 0 Å². The molecule has 4 nitrogen and oxygen atoms in total. The summed E-state index contributed by atoms with van der Waals surface area (Å²) in [4.78, 5) is 13.8. The van der Waals surface area contributed by atoms with Crippen LogP contribution < -0.4 is 11.1 Å². The van der Waals surface area contributed by atoms with Gasteiger partial charge in [0.25, 0.3) is 0 Å². The average Bonchev–Trinajstić information content (AvgIpc) is 2.37. The number of benzene rings is 1. The fourth-order valence-corrected chi connectivity index (χ4v) is 2.46. The van der Waals surface area contributed by atoms with Crippen molar-refractivity contribution in [2.24, 2.45) is 5.73 Å². The van der Waals surface area contributed by atoms with Crippen LogP contribution in [0.2, 0.25) is 0 Å². The molecule has 0 aliphatic heterocycles. The summed E-state index contributed by atoms with van der Waals surface area (Å²) in [6.07, 6.45) is 0. The van der Waals surface area contributed by atoms with Crippen LogP contribution in [0.25, 0.3) is 0 Å². The van der Waals surface area contributed by atoms with Crippen LogP contribution in [-0.4, -0.2) is 36.0 Å². The van der Waals surface area contributed by atoms with E-state index in [1.165, 1.54) is 0 Å². The Morgan fingerprint density at radius 1 is 1.20 bits per heavy atom. The fraction of sp³-hybridized carbons (Fsp3) is 0.562. The van der Waals surface area contributed by atoms with Crippen molar-refractivity contribution in [3.8, 4) is 0 Å². The van der Waals surface area contributed by atoms with Crippen molar-refractivity contribution in [1.82, 2.24) is 10.2 Å². The Labute approximate surface area is 122 Å². The Morgan fingerprint density at radius 3 is 2.35 bits per heavy atom. The summed E-state index contributed by atoms with van der Waals surface area (Å²) in [5.41, 5.74) is 6.93. The molecule has 1 rings (SSSR count). The molecule has 3 N–H and O–H groups in total. The first-order valence-corrected chi connectivity index (χ1v) is 7.27. The highest BCUT2D eigenvalue weighted by atomic mass is 16.1. The third-order valence-electron chi connectivity index (χ3n) is 3.47. The van der Waals surface area contributed by atoms with Crippen LogP contribution >= 0.6 is 0 Å². The van der Waals surface area contributed by atoms with E-state index in [0.29, 0.717) is 24.2 Å². The highest BCUT2D eigenvalue weighted by Gasteiger charge is 2.12. The molecule has 0 unspecified atom stereocenters. The van der Waals surface area contributed by atoms with Gasteiger partial charge in [-0.25, -0.2) is 0 Å². The lowest BCUT2D eigenvalue weighted by molar-refractivity contribution is 0.0999. The monoisotopic (exact) mass is 277 g/mol. The summed E-state index contributed by atoms with van der Waals surface area (Å²) in [7, 11) is 0. The predicted octanol–water partition coefficient (Wildman–Crippen LogP) is 1.99. The molecule has 0 spiro atoms. The number of hydrogen-bond donors (Lipinski definition) is 2. The molecule has 0 saturated heterocycles. The van der Waals surface area contributed by atoms with Crippen LogP contribution in [0, 0.1) is 0 Å². The van der Waals surface area contributed by atoms with Crippen molar-refractivity contribution >= 4 is 5.91 Å². The molecule has 0 bridgehead atoms. The maximum absolute atomic E-state index is 11.3. The van der Waals surface area contributed by atoms with Gasteiger partial charge in [-0.15, -0.1) is 0 Å². The molecule has 1 aromatic carbocycles. The van der Waals surface area contributed by atoms with E-state index >= 15 is 0 Å². The molecule has 112 valence electrons. The Balaban J connectivity index is 2.47. The smallest absolute Gasteiger partial charge is 0.249 e. The van der Waals surface area contributed by atoms with Crippen molar-refractivity contribution in [3.05, 3.63) is 35.4 Å². The molecule has 4 heteroatoms. The zero-order valence-electron chi connectivity index (χ0n) is 13.0. The molecule has 0 aromatic heterocycles. The minimum Gasteiger partial charge on any atom is -0.366 e. The van der Waals surface area contributed by atoms with Crippen LogP contribution in [0.4, 0.5) is 0 Å². The highest BCUT2D eigenvalue weighted by molar-refractivity contribution is 5.94. The van der Waals surface area contributed by atoms with E-state index in [1.807, 2.05) is 18.2 Å². The van der Waals surface area contributed by atoms with Gasteiger partial charge in [-0.3, -0.25) is 9.69 Å². The summed E-state index contributed by atoms with van der Waals surface area (Å²) < 4.78 is 0. The quantitative estimate of drug-likeness (QED) is 0.715. The summed E-state index contributed by atoms with van der Waals surface area (Å²) in [6.45, 7) is 11.4. The van der Waals surface area contributed by atoms with Crippen molar-refractivity contribution in [2.75, 3.05) is 13.1 Å². The van der Waals surface area contributed by atoms with E-state index in [9.17, 15) is 4.79 Å². The molecule has 0 saturated carbocycles. The Hall–Kier alpha value is -1.39. The first-order chi connectivity index (χ1) is 9.43. The van der Waals surface area contributed by atoms with Crippen molar-refractivity contribution in [1.29, 1.82) is 0 Å². The van der Waals surface area contributed by atoms with Crippen LogP contribution in [0.5, 0.6) is 0 Å². The minimum absolute atomic E-state index is 0.367. The maximum Gasteiger partial charge on any atom is 0.249 e. The second-order valence-electron chi connectivity index (χ2n) is 5.62. The number of primary amides is 1. The average molecular weight is 277 g/mol. The number of nitrogens with zero attached hydrogens (tertiary/aromatic N) is 1. The van der Waals surface area contributed by atoms with E-state index in [1.54, 1.807) is 6.07 Å². The first-order valence-electron chi connectivity index (χ1n) is 7.27. The second-order valence-corrected chi connectivity index (χ2v) is 5.62. The summed E-state index contributed by atoms with van der Waals surface area (Å²) >= 11 is 0. The van der Waals surface area contributed by atoms with Crippen LogP contribution in [0.15, 0.2) is 24.3 Å². The molecule has 0 heterocycles. The summed E-state index contributed by atoms with van der Waals surface area (Å²) in [6, 6.07) is 8.55. The van der Waals surface area contributed by atoms with E-state index in [-0.39, 0.29) is 5.91 Å². The van der Waals surface area contributed by atoms with Crippen molar-refractivity contribution < 1.29 is 4.79 Å². The van der Waals surface area contributed by atoms with Gasteiger partial charge in [0.05, 0.1) is 0 Å². The van der Waals surface area contributed by atoms with Crippen molar-refractivity contribution in [3.63, 3.8) is 0 Å². The topological polar surface area (TPSA) is 58.4 Å². The molecule has 0 fully saturated rings. The molecule has 20 heavy (non-hydrogen) atoms. The number of amides is 1. The van der Waals surface area contributed by atoms with Gasteiger partial charge in [-0.2, -0.15) is 0 Å². The van der Waals surface area contributed by atoms with Gasteiger partial charge in [-0.1, -0.05) is 18.2 Å². The SMILES string of the molecule is CC(C)N(CCNCc1ccccc1C(N)=O)C(C)C. The number of carbonyl (C=O) groups excluding carboxylic acids is 1. The van der Waals surface area contributed by atoms with Crippen LogP contribution in [-0.2, 0) is 6.54 Å². The molecular weight excluding hydrogens is 250 g/mol. The summed E-state index contributed by atoms with van der Waals surface area (Å²) in [5.74, 6) is -0.367. The molecule has 0 aliphatic carbocycles. The van der Waals surface area contributed by atoms with Gasteiger partial charge in [0.15, 0.2) is 0 Å². The molecular formula is C16H27N3O. The van der Waals surface area contributed by atoms with E-state index in [4.69, 9.17) is 5.73 Å². The van der Waals surface area contributed by atoms with E-state index in [0.717, 1.165) is 18.7 Å². The maximum atomic E-state index is 11.3. The largest absolute Gasteiger partial charge is 0.366 e. The lowest BCUT2D eigenvalue weighted by Gasteiger charge is -2.30. The molecule has 0 atom stereocenters. The second kappa shape index (κ2) is 8.02. The van der Waals surface area contributed by atoms with Crippen molar-refractivity contribution in [2.45, 2.75) is 46.3 Å². The number of rotatable bonds is 8. The van der Waals surface area contributed by atoms with Crippen LogP contribution in [0.1, 0.15) is 43.6 Å². The summed E-state index contributed by atoms with van der Waals surface area (Å²) in [5, 5.41) is 3.39. The number of nitrogens with one attached hydrogen (secondary N) is 1. The zero-order valence-corrected chi connectivity index (χ0v) is 13.0. The standard InChI is InChI=1S/C16H27N3O/c1-12(2)19(13(3)4)10-9-18-11-14-7-5-6-8-15(14)16(17)20/h5-8,12-13,18H,9-11H2,1-4H3,(H2,17,20). The Morgan fingerprint density at radius 2 is 1.80 bits per heavy atom. The molecule has 0 aliphatic rings. The van der Waals surface area contributed by atoms with Gasteiger partial charge in [0.2, 0.25) is 5.91 Å².